The van der Waals surface area contributed by atoms with E-state index in [1.807, 2.05) is 30.1 Å². The molecule has 3 aromatic carbocycles. The number of hydrogen-bond donors (Lipinski definition) is 2. The van der Waals surface area contributed by atoms with E-state index in [4.69, 9.17) is 19.6 Å². The maximum atomic E-state index is 15.3. The second kappa shape index (κ2) is 8.96. The van der Waals surface area contributed by atoms with E-state index in [1.54, 1.807) is 43.7 Å². The van der Waals surface area contributed by atoms with E-state index in [9.17, 15) is 9.90 Å². The molecular weight excluding hydrogens is 451 g/mol. The zero-order valence-electron chi connectivity index (χ0n) is 19.4. The van der Waals surface area contributed by atoms with Gasteiger partial charge in [0.05, 0.1) is 37.4 Å². The van der Waals surface area contributed by atoms with Crippen LogP contribution in [0.15, 0.2) is 59.2 Å². The van der Waals surface area contributed by atoms with E-state index in [0.717, 1.165) is 5.69 Å². The lowest BCUT2D eigenvalue weighted by molar-refractivity contribution is -0.136. The molecule has 1 aliphatic heterocycles. The van der Waals surface area contributed by atoms with E-state index in [2.05, 4.69) is 0 Å². The smallest absolute Gasteiger partial charge is 0.307 e. The van der Waals surface area contributed by atoms with Crippen LogP contribution in [0.25, 0.3) is 22.1 Å². The van der Waals surface area contributed by atoms with Crippen molar-refractivity contribution in [1.82, 2.24) is 0 Å². The number of methoxy groups -OCH3 is 1. The van der Waals surface area contributed by atoms with E-state index in [1.165, 1.54) is 0 Å². The predicted molar refractivity (Wildman–Crippen MR) is 130 cm³/mol. The Labute approximate surface area is 201 Å². The number of nitrogens with two attached hydrogens (primary N) is 1. The lowest BCUT2D eigenvalue weighted by atomic mass is 9.94. The van der Waals surface area contributed by atoms with Gasteiger partial charge in [-0.15, -0.1) is 0 Å². The Kier molecular flexibility index (Phi) is 5.82. The van der Waals surface area contributed by atoms with Crippen molar-refractivity contribution in [3.8, 4) is 22.6 Å². The summed E-state index contributed by atoms with van der Waals surface area (Å²) in [5.74, 6) is -0.271. The van der Waals surface area contributed by atoms with Gasteiger partial charge in [0.2, 0.25) is 0 Å². The summed E-state index contributed by atoms with van der Waals surface area (Å²) in [6.45, 7) is 0.553. The predicted octanol–water partition coefficient (Wildman–Crippen LogP) is 4.90. The molecule has 35 heavy (non-hydrogen) atoms. The molecule has 4 aromatic rings. The fourth-order valence-corrected chi connectivity index (χ4v) is 4.75. The number of fused-ring (bicyclic) bond motifs is 2. The van der Waals surface area contributed by atoms with E-state index in [-0.39, 0.29) is 13.0 Å². The van der Waals surface area contributed by atoms with Gasteiger partial charge in [-0.2, -0.15) is 0 Å². The lowest BCUT2D eigenvalue weighted by Gasteiger charge is -2.35. The van der Waals surface area contributed by atoms with Crippen molar-refractivity contribution in [2.75, 3.05) is 25.6 Å². The van der Waals surface area contributed by atoms with E-state index >= 15 is 4.39 Å². The second-order valence-electron chi connectivity index (χ2n) is 8.52. The van der Waals surface area contributed by atoms with Crippen molar-refractivity contribution >= 4 is 22.6 Å². The molecule has 0 saturated heterocycles. The number of hydrogen-bond acceptors (Lipinski definition) is 6. The van der Waals surface area contributed by atoms with Crippen LogP contribution in [0.3, 0.4) is 0 Å². The average molecular weight is 477 g/mol. The largest absolute Gasteiger partial charge is 0.496 e. The quantitative estimate of drug-likeness (QED) is 0.408. The van der Waals surface area contributed by atoms with Crippen LogP contribution >= 0.6 is 0 Å². The zero-order chi connectivity index (χ0) is 24.7. The van der Waals surface area contributed by atoms with Gasteiger partial charge >= 0.3 is 5.97 Å². The highest BCUT2D eigenvalue weighted by Gasteiger charge is 2.31. The van der Waals surface area contributed by atoms with Gasteiger partial charge in [0.25, 0.3) is 0 Å². The number of carboxylic acid groups (broad SMARTS) is 1. The number of likely N-dealkylation sites (N-methyl/N-ethyl adjacent to an activating group) is 1. The summed E-state index contributed by atoms with van der Waals surface area (Å²) in [7, 11) is 3.49. The molecule has 2 heterocycles. The molecule has 1 atom stereocenters. The lowest BCUT2D eigenvalue weighted by Crippen LogP contribution is -2.33. The maximum Gasteiger partial charge on any atom is 0.307 e. The third-order valence-electron chi connectivity index (χ3n) is 6.38. The molecule has 0 spiro atoms. The second-order valence-corrected chi connectivity index (χ2v) is 8.52. The van der Waals surface area contributed by atoms with Crippen molar-refractivity contribution in [2.24, 2.45) is 5.73 Å². The summed E-state index contributed by atoms with van der Waals surface area (Å²) in [5.41, 5.74) is 9.66. The number of ether oxygens (including phenoxy) is 2. The summed E-state index contributed by atoms with van der Waals surface area (Å²) in [6, 6.07) is 14.2. The summed E-state index contributed by atoms with van der Waals surface area (Å²) in [4.78, 5) is 13.5. The first-order chi connectivity index (χ1) is 16.9. The van der Waals surface area contributed by atoms with Gasteiger partial charge in [-0.3, -0.25) is 4.79 Å². The Balaban J connectivity index is 1.69. The number of carbonyl (C=O) groups is 1. The number of halogens is 1. The van der Waals surface area contributed by atoms with Gasteiger partial charge in [-0.25, -0.2) is 4.39 Å². The molecule has 1 aromatic heterocycles. The number of benzene rings is 3. The van der Waals surface area contributed by atoms with Crippen LogP contribution in [-0.4, -0.2) is 31.8 Å². The van der Waals surface area contributed by atoms with Crippen LogP contribution < -0.4 is 20.1 Å². The number of aliphatic carboxylic acids is 1. The topological polar surface area (TPSA) is 98.2 Å². The number of rotatable bonds is 6. The fourth-order valence-electron chi connectivity index (χ4n) is 4.75. The Morgan fingerprint density at radius 2 is 1.97 bits per heavy atom. The number of nitrogens with zero attached hydrogens (tertiary/aromatic N) is 1. The Morgan fingerprint density at radius 1 is 1.20 bits per heavy atom. The zero-order valence-corrected chi connectivity index (χ0v) is 19.4. The molecule has 8 heteroatoms. The first kappa shape index (κ1) is 22.7. The molecule has 0 fully saturated rings. The molecule has 3 N–H and O–H groups in total. The van der Waals surface area contributed by atoms with Crippen LogP contribution in [0.5, 0.6) is 11.5 Å². The average Bonchev–Trinajstić information content (AvgIpc) is 3.33. The molecule has 0 unspecified atom stereocenters. The Morgan fingerprint density at radius 3 is 2.71 bits per heavy atom. The normalized spacial score (nSPS) is 15.1. The van der Waals surface area contributed by atoms with Crippen molar-refractivity contribution in [3.63, 3.8) is 0 Å². The van der Waals surface area contributed by atoms with Gasteiger partial charge < -0.3 is 29.6 Å². The van der Waals surface area contributed by atoms with Gasteiger partial charge in [0, 0.05) is 41.4 Å². The molecule has 0 bridgehead atoms. The third-order valence-corrected chi connectivity index (χ3v) is 6.38. The molecule has 0 saturated carbocycles. The number of anilines is 1. The Bertz CT molecular complexity index is 1430. The number of furan rings is 1. The van der Waals surface area contributed by atoms with Crippen LogP contribution in [-0.2, 0) is 17.8 Å². The van der Waals surface area contributed by atoms with Crippen molar-refractivity contribution in [3.05, 3.63) is 77.3 Å². The van der Waals surface area contributed by atoms with Crippen LogP contribution in [0.4, 0.5) is 10.1 Å². The molecule has 0 aliphatic carbocycles. The highest BCUT2D eigenvalue weighted by Crippen LogP contribution is 2.46. The van der Waals surface area contributed by atoms with Crippen molar-refractivity contribution in [1.29, 1.82) is 0 Å². The first-order valence-electron chi connectivity index (χ1n) is 11.2. The van der Waals surface area contributed by atoms with E-state index in [0.29, 0.717) is 56.8 Å². The summed E-state index contributed by atoms with van der Waals surface area (Å²) >= 11 is 0. The molecular formula is C27H25FN2O5. The van der Waals surface area contributed by atoms with Gasteiger partial charge in [-0.05, 0) is 18.2 Å². The number of carboxylic acids is 1. The molecule has 1 aliphatic rings. The first-order valence-corrected chi connectivity index (χ1v) is 11.2. The van der Waals surface area contributed by atoms with Gasteiger partial charge in [0.1, 0.15) is 29.0 Å². The highest BCUT2D eigenvalue weighted by molar-refractivity contribution is 5.98. The minimum Gasteiger partial charge on any atom is -0.496 e. The highest BCUT2D eigenvalue weighted by atomic mass is 19.1. The van der Waals surface area contributed by atoms with Gasteiger partial charge in [-0.1, -0.05) is 30.3 Å². The molecule has 0 radical (unpaired) electrons. The summed E-state index contributed by atoms with van der Waals surface area (Å²) < 4.78 is 33.3. The summed E-state index contributed by atoms with van der Waals surface area (Å²) in [6.07, 6.45) is 0.875. The molecule has 0 amide bonds. The van der Waals surface area contributed by atoms with Crippen LogP contribution in [0, 0.1) is 5.82 Å². The minimum atomic E-state index is -0.943. The van der Waals surface area contributed by atoms with E-state index < -0.39 is 17.9 Å². The number of para-hydroxylation sites is 1. The monoisotopic (exact) mass is 476 g/mol. The van der Waals surface area contributed by atoms with Crippen LogP contribution in [0.1, 0.15) is 22.8 Å². The molecule has 180 valence electrons. The fraction of sp³-hybridized carbons (Fsp3) is 0.222. The van der Waals surface area contributed by atoms with Gasteiger partial charge in [0.15, 0.2) is 0 Å². The minimum absolute atomic E-state index is 0.0731. The molecule has 5 rings (SSSR count). The van der Waals surface area contributed by atoms with Crippen molar-refractivity contribution < 1.29 is 28.2 Å². The SMILES string of the molecule is COc1c([C@@H]2CN(C)c3cccc(CC(=O)O)c3O2)cc(-c2cccc(CN)c2F)c2occc12. The van der Waals surface area contributed by atoms with Crippen LogP contribution in [0.2, 0.25) is 0 Å². The standard InChI is InChI=1S/C27H25FN2O5/c1-30-14-22(35-25-15(11-23(31)32)5-4-8-21(25)30)20-12-19(17-7-3-6-16(13-29)24(17)28)27-18(9-10-34-27)26(20)33-2/h3-10,12,22H,11,13-14,29H2,1-2H3,(H,31,32)/t22-/m0/s1. The Hall–Kier alpha value is -4.04. The molecule has 7 nitrogen and oxygen atoms in total. The van der Waals surface area contributed by atoms with Crippen molar-refractivity contribution in [2.45, 2.75) is 19.1 Å². The third kappa shape index (κ3) is 3.85. The maximum absolute atomic E-state index is 15.3. The summed E-state index contributed by atoms with van der Waals surface area (Å²) in [5, 5.41) is 10.1.